The third-order valence-electron chi connectivity index (χ3n) is 2.09. The number of hydrogen-bond donors (Lipinski definition) is 0. The highest BCUT2D eigenvalue weighted by molar-refractivity contribution is 7.89. The van der Waals surface area contributed by atoms with E-state index in [2.05, 4.69) is 0 Å². The van der Waals surface area contributed by atoms with Gasteiger partial charge in [-0.05, 0) is 13.8 Å². The van der Waals surface area contributed by atoms with Crippen molar-refractivity contribution in [2.24, 2.45) is 0 Å². The highest BCUT2D eigenvalue weighted by Gasteiger charge is 2.43. The van der Waals surface area contributed by atoms with Crippen LogP contribution in [0.25, 0.3) is 0 Å². The maximum atomic E-state index is 12.7. The molecule has 1 heterocycles. The van der Waals surface area contributed by atoms with Crippen LogP contribution in [0.5, 0.6) is 0 Å². The van der Waals surface area contributed by atoms with Crippen LogP contribution in [0.4, 0.5) is 8.78 Å². The van der Waals surface area contributed by atoms with Gasteiger partial charge in [0, 0.05) is 13.0 Å². The fourth-order valence-corrected chi connectivity index (χ4v) is 2.53. The SMILES string of the molecule is CC(C)S(=O)(=O)N1CCC(F)(F)C1. The summed E-state index contributed by atoms with van der Waals surface area (Å²) < 4.78 is 49.1. The maximum absolute atomic E-state index is 12.7. The molecule has 0 radical (unpaired) electrons. The summed E-state index contributed by atoms with van der Waals surface area (Å²) in [5.74, 6) is -2.85. The van der Waals surface area contributed by atoms with Gasteiger partial charge in [-0.1, -0.05) is 0 Å². The van der Waals surface area contributed by atoms with E-state index in [0.717, 1.165) is 4.31 Å². The zero-order valence-corrected chi connectivity index (χ0v) is 8.44. The Balaban J connectivity index is 2.78. The van der Waals surface area contributed by atoms with Crippen LogP contribution in [-0.4, -0.2) is 37.0 Å². The van der Waals surface area contributed by atoms with Gasteiger partial charge in [0.05, 0.1) is 11.8 Å². The molecular weight excluding hydrogens is 200 g/mol. The predicted molar refractivity (Wildman–Crippen MR) is 45.2 cm³/mol. The molecule has 78 valence electrons. The highest BCUT2D eigenvalue weighted by atomic mass is 32.2. The van der Waals surface area contributed by atoms with Gasteiger partial charge >= 0.3 is 0 Å². The summed E-state index contributed by atoms with van der Waals surface area (Å²) in [7, 11) is -3.49. The molecule has 1 fully saturated rings. The first kappa shape index (κ1) is 10.8. The smallest absolute Gasteiger partial charge is 0.212 e. The molecule has 0 unspecified atom stereocenters. The van der Waals surface area contributed by atoms with Crippen molar-refractivity contribution in [1.29, 1.82) is 0 Å². The highest BCUT2D eigenvalue weighted by Crippen LogP contribution is 2.29. The van der Waals surface area contributed by atoms with E-state index in [1.165, 1.54) is 13.8 Å². The van der Waals surface area contributed by atoms with E-state index < -0.39 is 27.7 Å². The molecule has 0 aliphatic carbocycles. The molecule has 0 N–H and O–H groups in total. The summed E-state index contributed by atoms with van der Waals surface area (Å²) >= 11 is 0. The Hall–Kier alpha value is -0.230. The van der Waals surface area contributed by atoms with Gasteiger partial charge in [0.15, 0.2) is 0 Å². The number of sulfonamides is 1. The zero-order chi connectivity index (χ0) is 10.3. The molecule has 3 nitrogen and oxygen atoms in total. The Kier molecular flexibility index (Phi) is 2.64. The van der Waals surface area contributed by atoms with E-state index >= 15 is 0 Å². The molecule has 6 heteroatoms. The molecule has 0 saturated carbocycles. The summed E-state index contributed by atoms with van der Waals surface area (Å²) in [5, 5.41) is -0.624. The van der Waals surface area contributed by atoms with E-state index in [1.807, 2.05) is 0 Å². The van der Waals surface area contributed by atoms with E-state index in [0.29, 0.717) is 0 Å². The monoisotopic (exact) mass is 213 g/mol. The molecule has 0 aromatic rings. The first-order valence-corrected chi connectivity index (χ1v) is 5.63. The summed E-state index contributed by atoms with van der Waals surface area (Å²) in [6, 6.07) is 0. The Bertz CT molecular complexity index is 287. The second-order valence-corrected chi connectivity index (χ2v) is 6.02. The first-order chi connectivity index (χ1) is 5.76. The van der Waals surface area contributed by atoms with Crippen LogP contribution in [0.2, 0.25) is 0 Å². The van der Waals surface area contributed by atoms with Crippen LogP contribution in [0.1, 0.15) is 20.3 Å². The van der Waals surface area contributed by atoms with Gasteiger partial charge in [-0.2, -0.15) is 4.31 Å². The number of rotatable bonds is 2. The average Bonchev–Trinajstić information content (AvgIpc) is 2.30. The molecule has 1 aliphatic heterocycles. The molecule has 1 rings (SSSR count). The molecule has 0 atom stereocenters. The van der Waals surface area contributed by atoms with Crippen molar-refractivity contribution in [2.75, 3.05) is 13.1 Å². The van der Waals surface area contributed by atoms with Crippen molar-refractivity contribution in [2.45, 2.75) is 31.4 Å². The van der Waals surface area contributed by atoms with Gasteiger partial charge in [-0.3, -0.25) is 0 Å². The molecule has 0 amide bonds. The van der Waals surface area contributed by atoms with Crippen LogP contribution in [-0.2, 0) is 10.0 Å². The van der Waals surface area contributed by atoms with Crippen molar-refractivity contribution in [3.63, 3.8) is 0 Å². The predicted octanol–water partition coefficient (Wildman–Crippen LogP) is 1.07. The summed E-state index contributed by atoms with van der Waals surface area (Å²) in [6.45, 7) is 2.26. The standard InChI is InChI=1S/C7H13F2NO2S/c1-6(2)13(11,12)10-4-3-7(8,9)5-10/h6H,3-5H2,1-2H3. The number of alkyl halides is 2. The second-order valence-electron chi connectivity index (χ2n) is 3.53. The minimum atomic E-state index is -3.49. The Morgan fingerprint density at radius 3 is 2.23 bits per heavy atom. The lowest BCUT2D eigenvalue weighted by molar-refractivity contribution is 0.0183. The fraction of sp³-hybridized carbons (Fsp3) is 1.00. The zero-order valence-electron chi connectivity index (χ0n) is 7.63. The normalized spacial score (nSPS) is 24.1. The van der Waals surface area contributed by atoms with Gasteiger partial charge in [0.2, 0.25) is 10.0 Å². The minimum Gasteiger partial charge on any atom is -0.212 e. The Morgan fingerprint density at radius 2 is 1.92 bits per heavy atom. The van der Waals surface area contributed by atoms with Crippen LogP contribution >= 0.6 is 0 Å². The van der Waals surface area contributed by atoms with Crippen molar-refractivity contribution in [1.82, 2.24) is 4.31 Å². The Morgan fingerprint density at radius 1 is 1.38 bits per heavy atom. The van der Waals surface area contributed by atoms with Gasteiger partial charge in [0.1, 0.15) is 0 Å². The lowest BCUT2D eigenvalue weighted by atomic mass is 10.3. The van der Waals surface area contributed by atoms with Gasteiger partial charge < -0.3 is 0 Å². The van der Waals surface area contributed by atoms with Gasteiger partial charge in [0.25, 0.3) is 5.92 Å². The summed E-state index contributed by atoms with van der Waals surface area (Å²) in [5.41, 5.74) is 0. The van der Waals surface area contributed by atoms with E-state index in [-0.39, 0.29) is 13.0 Å². The molecule has 0 bridgehead atoms. The lowest BCUT2D eigenvalue weighted by Gasteiger charge is -2.18. The average molecular weight is 213 g/mol. The van der Waals surface area contributed by atoms with Crippen molar-refractivity contribution in [3.05, 3.63) is 0 Å². The largest absolute Gasteiger partial charge is 0.262 e. The number of nitrogens with zero attached hydrogens (tertiary/aromatic N) is 1. The molecule has 0 aromatic carbocycles. The van der Waals surface area contributed by atoms with E-state index in [1.54, 1.807) is 0 Å². The maximum Gasteiger partial charge on any atom is 0.262 e. The molecule has 0 aromatic heterocycles. The van der Waals surface area contributed by atoms with Crippen molar-refractivity contribution in [3.8, 4) is 0 Å². The van der Waals surface area contributed by atoms with E-state index in [9.17, 15) is 17.2 Å². The molecule has 1 aliphatic rings. The molecule has 13 heavy (non-hydrogen) atoms. The molecule has 1 saturated heterocycles. The van der Waals surface area contributed by atoms with Crippen LogP contribution in [0.3, 0.4) is 0 Å². The second kappa shape index (κ2) is 3.16. The topological polar surface area (TPSA) is 37.4 Å². The molecular formula is C7H13F2NO2S. The van der Waals surface area contributed by atoms with Gasteiger partial charge in [-0.25, -0.2) is 17.2 Å². The van der Waals surface area contributed by atoms with Crippen LogP contribution in [0.15, 0.2) is 0 Å². The summed E-state index contributed by atoms with van der Waals surface area (Å²) in [6.07, 6.45) is -0.362. The fourth-order valence-electron chi connectivity index (χ4n) is 1.22. The number of hydrogen-bond acceptors (Lipinski definition) is 2. The van der Waals surface area contributed by atoms with Crippen molar-refractivity contribution < 1.29 is 17.2 Å². The minimum absolute atomic E-state index is 0.0620. The van der Waals surface area contributed by atoms with Gasteiger partial charge in [-0.15, -0.1) is 0 Å². The number of halogens is 2. The lowest BCUT2D eigenvalue weighted by Crippen LogP contribution is -2.36. The van der Waals surface area contributed by atoms with Crippen molar-refractivity contribution >= 4 is 10.0 Å². The molecule has 0 spiro atoms. The third kappa shape index (κ3) is 2.17. The van der Waals surface area contributed by atoms with Crippen LogP contribution < -0.4 is 0 Å². The van der Waals surface area contributed by atoms with Crippen LogP contribution in [0, 0.1) is 0 Å². The third-order valence-corrected chi connectivity index (χ3v) is 4.31. The quantitative estimate of drug-likeness (QED) is 0.688. The Labute approximate surface area is 76.8 Å². The van der Waals surface area contributed by atoms with E-state index in [4.69, 9.17) is 0 Å². The first-order valence-electron chi connectivity index (χ1n) is 4.12. The summed E-state index contributed by atoms with van der Waals surface area (Å²) in [4.78, 5) is 0.